The molecule has 0 bridgehead atoms. The predicted octanol–water partition coefficient (Wildman–Crippen LogP) is 3.54. The molecule has 5 atom stereocenters. The number of hydrogen-bond acceptors (Lipinski definition) is 6. The van der Waals surface area contributed by atoms with Gasteiger partial charge in [-0.15, -0.1) is 0 Å². The monoisotopic (exact) mass is 390 g/mol. The maximum Gasteiger partial charge on any atom is 0.162 e. The van der Waals surface area contributed by atoms with Gasteiger partial charge >= 0.3 is 0 Å². The highest BCUT2D eigenvalue weighted by Crippen LogP contribution is 2.29. The van der Waals surface area contributed by atoms with Crippen molar-refractivity contribution in [3.05, 3.63) is 0 Å². The summed E-state index contributed by atoms with van der Waals surface area (Å²) in [6, 6.07) is 0. The van der Waals surface area contributed by atoms with Gasteiger partial charge in [0.25, 0.3) is 0 Å². The van der Waals surface area contributed by atoms with Gasteiger partial charge in [0.15, 0.2) is 6.29 Å². The Labute approximate surface area is 165 Å². The highest BCUT2D eigenvalue weighted by Gasteiger charge is 2.41. The minimum atomic E-state index is -0.480. The van der Waals surface area contributed by atoms with Gasteiger partial charge in [0.05, 0.1) is 19.3 Å². The van der Waals surface area contributed by atoms with Gasteiger partial charge in [-0.3, -0.25) is 0 Å². The molecule has 0 aliphatic carbocycles. The summed E-state index contributed by atoms with van der Waals surface area (Å²) >= 11 is 0. The zero-order chi connectivity index (χ0) is 19.9. The quantitative estimate of drug-likeness (QED) is 0.432. The van der Waals surface area contributed by atoms with Crippen molar-refractivity contribution < 1.29 is 28.8 Å². The summed E-state index contributed by atoms with van der Waals surface area (Å²) in [5.41, 5.74) is 0. The molecule has 0 radical (unpaired) electrons. The molecule has 0 unspecified atom stereocenters. The van der Waals surface area contributed by atoms with Crippen molar-refractivity contribution in [3.63, 3.8) is 0 Å². The molecule has 1 aliphatic rings. The lowest BCUT2D eigenvalue weighted by Crippen LogP contribution is -2.44. The Balaban J connectivity index is 2.89. The van der Waals surface area contributed by atoms with E-state index < -0.39 is 6.29 Å². The average Bonchev–Trinajstić information content (AvgIpc) is 2.82. The van der Waals surface area contributed by atoms with E-state index in [-0.39, 0.29) is 30.8 Å². The Bertz CT molecular complexity index is 341. The van der Waals surface area contributed by atoms with Crippen LogP contribution in [0.2, 0.25) is 0 Å². The average molecular weight is 391 g/mol. The summed E-state index contributed by atoms with van der Waals surface area (Å²) in [5.74, 6) is -0.139. The van der Waals surface area contributed by atoms with Crippen LogP contribution >= 0.6 is 0 Å². The highest BCUT2D eigenvalue weighted by molar-refractivity contribution is 4.87. The van der Waals surface area contributed by atoms with E-state index >= 15 is 0 Å². The number of methoxy groups -OCH3 is 1. The molecule has 1 fully saturated rings. The van der Waals surface area contributed by atoms with Gasteiger partial charge in [0.2, 0.25) is 0 Å². The zero-order valence-electron chi connectivity index (χ0n) is 17.9. The third-order valence-corrected chi connectivity index (χ3v) is 4.99. The fourth-order valence-corrected chi connectivity index (χ4v) is 3.25. The molecule has 0 aromatic rings. The fourth-order valence-electron chi connectivity index (χ4n) is 3.25. The molecule has 162 valence electrons. The predicted molar refractivity (Wildman–Crippen MR) is 106 cm³/mol. The van der Waals surface area contributed by atoms with E-state index in [1.165, 1.54) is 0 Å². The Kier molecular flexibility index (Phi) is 14.4. The standard InChI is InChI=1S/C21H42O6/c1-5-8-11-24-16-19-20(26-13-10-7-3)18(25-12-9-6-2)14-17(15-22)21(23-4)27-19/h17-22H,5-16H2,1-4H3/t17-,18+,19+,20-,21+/m0/s1. The molecule has 1 rings (SSSR count). The normalized spacial score (nSPS) is 29.0. The number of aliphatic hydroxyl groups excluding tert-OH is 1. The van der Waals surface area contributed by atoms with Crippen LogP contribution in [0.4, 0.5) is 0 Å². The molecule has 0 spiro atoms. The van der Waals surface area contributed by atoms with Crippen molar-refractivity contribution in [1.29, 1.82) is 0 Å². The van der Waals surface area contributed by atoms with Gasteiger partial charge < -0.3 is 28.8 Å². The summed E-state index contributed by atoms with van der Waals surface area (Å²) in [6.07, 6.45) is 5.84. The van der Waals surface area contributed by atoms with Crippen molar-refractivity contribution in [2.75, 3.05) is 40.1 Å². The molecule has 1 saturated heterocycles. The van der Waals surface area contributed by atoms with Crippen molar-refractivity contribution in [1.82, 2.24) is 0 Å². The van der Waals surface area contributed by atoms with E-state index in [9.17, 15) is 5.11 Å². The number of rotatable bonds is 15. The molecule has 0 saturated carbocycles. The lowest BCUT2D eigenvalue weighted by molar-refractivity contribution is -0.216. The lowest BCUT2D eigenvalue weighted by Gasteiger charge is -2.31. The molecule has 0 aromatic carbocycles. The molecular formula is C21H42O6. The van der Waals surface area contributed by atoms with E-state index in [0.29, 0.717) is 32.8 Å². The Morgan fingerprint density at radius 3 is 2.15 bits per heavy atom. The van der Waals surface area contributed by atoms with Gasteiger partial charge in [0.1, 0.15) is 12.2 Å². The molecule has 6 heteroatoms. The summed E-state index contributed by atoms with van der Waals surface area (Å²) < 4.78 is 30.0. The van der Waals surface area contributed by atoms with Gasteiger partial charge in [-0.05, 0) is 25.7 Å². The van der Waals surface area contributed by atoms with Crippen LogP contribution in [0, 0.1) is 5.92 Å². The van der Waals surface area contributed by atoms with Crippen LogP contribution in [-0.2, 0) is 23.7 Å². The van der Waals surface area contributed by atoms with Crippen molar-refractivity contribution >= 4 is 0 Å². The maximum absolute atomic E-state index is 9.85. The molecular weight excluding hydrogens is 348 g/mol. The van der Waals surface area contributed by atoms with Crippen molar-refractivity contribution in [3.8, 4) is 0 Å². The fraction of sp³-hybridized carbons (Fsp3) is 1.00. The first kappa shape index (κ1) is 24.8. The van der Waals surface area contributed by atoms with Crippen LogP contribution < -0.4 is 0 Å². The van der Waals surface area contributed by atoms with Crippen molar-refractivity contribution in [2.45, 2.75) is 90.3 Å². The first-order chi connectivity index (χ1) is 13.2. The third kappa shape index (κ3) is 9.20. The summed E-state index contributed by atoms with van der Waals surface area (Å²) in [4.78, 5) is 0. The van der Waals surface area contributed by atoms with Crippen molar-refractivity contribution in [2.24, 2.45) is 5.92 Å². The summed E-state index contributed by atoms with van der Waals surface area (Å²) in [5, 5.41) is 9.85. The largest absolute Gasteiger partial charge is 0.396 e. The molecule has 1 heterocycles. The molecule has 0 aromatic heterocycles. The number of unbranched alkanes of at least 4 members (excludes halogenated alkanes) is 3. The van der Waals surface area contributed by atoms with Crippen LogP contribution in [0.15, 0.2) is 0 Å². The van der Waals surface area contributed by atoms with Gasteiger partial charge in [-0.2, -0.15) is 0 Å². The van der Waals surface area contributed by atoms with E-state index in [4.69, 9.17) is 23.7 Å². The Morgan fingerprint density at radius 1 is 0.926 bits per heavy atom. The summed E-state index contributed by atoms with van der Waals surface area (Å²) in [6.45, 7) is 8.96. The van der Waals surface area contributed by atoms with Crippen LogP contribution in [0.5, 0.6) is 0 Å². The Hall–Kier alpha value is -0.240. The second-order valence-electron chi connectivity index (χ2n) is 7.34. The first-order valence-corrected chi connectivity index (χ1v) is 10.8. The Morgan fingerprint density at radius 2 is 1.56 bits per heavy atom. The van der Waals surface area contributed by atoms with Gasteiger partial charge in [-0.1, -0.05) is 40.0 Å². The number of hydrogen-bond donors (Lipinski definition) is 1. The minimum Gasteiger partial charge on any atom is -0.396 e. The van der Waals surface area contributed by atoms with E-state index in [1.807, 2.05) is 0 Å². The molecule has 1 N–H and O–H groups in total. The van der Waals surface area contributed by atoms with Crippen LogP contribution in [0.25, 0.3) is 0 Å². The molecule has 6 nitrogen and oxygen atoms in total. The van der Waals surface area contributed by atoms with Crippen LogP contribution in [-0.4, -0.2) is 69.9 Å². The van der Waals surface area contributed by atoms with Crippen LogP contribution in [0.3, 0.4) is 0 Å². The SMILES string of the molecule is CCCCOC[C@H]1O[C@@H](OC)[C@H](CO)C[C@@H](OCCCC)[C@@H]1OCCCC. The third-order valence-electron chi connectivity index (χ3n) is 4.99. The lowest BCUT2D eigenvalue weighted by atomic mass is 9.97. The van der Waals surface area contributed by atoms with Gasteiger partial charge in [0, 0.05) is 32.8 Å². The smallest absolute Gasteiger partial charge is 0.162 e. The number of aliphatic hydroxyl groups is 1. The molecule has 0 amide bonds. The zero-order valence-corrected chi connectivity index (χ0v) is 17.9. The minimum absolute atomic E-state index is 0.00274. The van der Waals surface area contributed by atoms with E-state index in [2.05, 4.69) is 20.8 Å². The number of ether oxygens (including phenoxy) is 5. The topological polar surface area (TPSA) is 66.4 Å². The first-order valence-electron chi connectivity index (χ1n) is 10.8. The van der Waals surface area contributed by atoms with E-state index in [0.717, 1.165) is 38.5 Å². The molecule has 1 aliphatic heterocycles. The highest BCUT2D eigenvalue weighted by atomic mass is 16.7. The van der Waals surface area contributed by atoms with E-state index in [1.54, 1.807) is 7.11 Å². The van der Waals surface area contributed by atoms with Gasteiger partial charge in [-0.25, -0.2) is 0 Å². The van der Waals surface area contributed by atoms with Crippen LogP contribution in [0.1, 0.15) is 65.7 Å². The maximum atomic E-state index is 9.85. The second kappa shape index (κ2) is 15.7. The second-order valence-corrected chi connectivity index (χ2v) is 7.34. The summed E-state index contributed by atoms with van der Waals surface area (Å²) in [7, 11) is 1.62. The molecule has 27 heavy (non-hydrogen) atoms.